The highest BCUT2D eigenvalue weighted by Crippen LogP contribution is 2.24. The van der Waals surface area contributed by atoms with Crippen LogP contribution in [0.1, 0.15) is 40.8 Å². The predicted molar refractivity (Wildman–Crippen MR) is 141 cm³/mol. The Bertz CT molecular complexity index is 1440. The van der Waals surface area contributed by atoms with Crippen LogP contribution >= 0.6 is 0 Å². The van der Waals surface area contributed by atoms with Gasteiger partial charge in [0.1, 0.15) is 11.5 Å². The monoisotopic (exact) mass is 501 g/mol. The fourth-order valence-electron chi connectivity index (χ4n) is 4.56. The molecule has 5 rings (SSSR count). The number of nitrogens with two attached hydrogens (primary N) is 1. The number of hydrogen-bond acceptors (Lipinski definition) is 6. The molecule has 0 atom stereocenters. The third-order valence-corrected chi connectivity index (χ3v) is 6.66. The van der Waals surface area contributed by atoms with E-state index in [1.54, 1.807) is 24.7 Å². The molecule has 0 aliphatic carbocycles. The molecular weight excluding hydrogens is 472 g/mol. The van der Waals surface area contributed by atoms with Crippen molar-refractivity contribution >= 4 is 22.8 Å². The molecule has 0 saturated carbocycles. The zero-order chi connectivity index (χ0) is 25.6. The lowest BCUT2D eigenvalue weighted by Gasteiger charge is -2.18. The minimum atomic E-state index is -0.509. The summed E-state index contributed by atoms with van der Waals surface area (Å²) in [6.07, 6.45) is 13.2. The number of pyridine rings is 3. The Labute approximate surface area is 214 Å². The molecule has 0 amide bonds. The van der Waals surface area contributed by atoms with Crippen molar-refractivity contribution in [3.05, 3.63) is 95.0 Å². The van der Waals surface area contributed by atoms with Gasteiger partial charge in [0.2, 0.25) is 5.95 Å². The number of H-pyrrole nitrogens is 1. The molecule has 190 valence electrons. The SMILES string of the molecule is NC=C(C=NC1CCNCC1)c1cnc2[nH]cc(Cc3ccc(CCc4cncc(F)c4)nc3F)c2c1. The fraction of sp³-hybridized carbons (Fsp3) is 0.286. The van der Waals surface area contributed by atoms with Gasteiger partial charge in [0, 0.05) is 65.2 Å². The summed E-state index contributed by atoms with van der Waals surface area (Å²) in [5.74, 6) is -0.892. The van der Waals surface area contributed by atoms with Crippen molar-refractivity contribution in [2.45, 2.75) is 38.1 Å². The van der Waals surface area contributed by atoms with Crippen LogP contribution < -0.4 is 11.1 Å². The van der Waals surface area contributed by atoms with Crippen LogP contribution in [0.3, 0.4) is 0 Å². The second-order valence-electron chi connectivity index (χ2n) is 9.26. The molecule has 0 bridgehead atoms. The van der Waals surface area contributed by atoms with E-state index in [2.05, 4.69) is 25.3 Å². The van der Waals surface area contributed by atoms with Crippen molar-refractivity contribution in [3.8, 4) is 0 Å². The Hall–Kier alpha value is -3.98. The number of allylic oxidation sites excluding steroid dienone is 1. The summed E-state index contributed by atoms with van der Waals surface area (Å²) in [4.78, 5) is 20.4. The second kappa shape index (κ2) is 11.4. The number of aliphatic imine (C=N–C) groups is 1. The quantitative estimate of drug-likeness (QED) is 0.249. The highest BCUT2D eigenvalue weighted by Gasteiger charge is 2.14. The van der Waals surface area contributed by atoms with Gasteiger partial charge in [-0.25, -0.2) is 14.4 Å². The van der Waals surface area contributed by atoms with Gasteiger partial charge in [0.15, 0.2) is 0 Å². The van der Waals surface area contributed by atoms with Crippen LogP contribution in [-0.2, 0) is 19.3 Å². The number of halogens is 2. The number of aromatic amines is 1. The Balaban J connectivity index is 1.31. The Morgan fingerprint density at radius 2 is 1.95 bits per heavy atom. The minimum Gasteiger partial charge on any atom is -0.404 e. The lowest BCUT2D eigenvalue weighted by molar-refractivity contribution is 0.461. The lowest BCUT2D eigenvalue weighted by Crippen LogP contribution is -2.29. The molecule has 4 aromatic rings. The number of fused-ring (bicyclic) bond motifs is 1. The zero-order valence-electron chi connectivity index (χ0n) is 20.4. The normalized spacial score (nSPS) is 15.1. The first kappa shape index (κ1) is 24.7. The van der Waals surface area contributed by atoms with Gasteiger partial charge in [-0.15, -0.1) is 0 Å². The maximum Gasteiger partial charge on any atom is 0.216 e. The van der Waals surface area contributed by atoms with Crippen molar-refractivity contribution in [2.24, 2.45) is 10.7 Å². The minimum absolute atomic E-state index is 0.291. The molecule has 0 radical (unpaired) electrons. The lowest BCUT2D eigenvalue weighted by atomic mass is 10.0. The van der Waals surface area contributed by atoms with Crippen LogP contribution in [0, 0.1) is 11.8 Å². The number of nitrogens with one attached hydrogen (secondary N) is 2. The number of nitrogens with zero attached hydrogens (tertiary/aromatic N) is 4. The first-order chi connectivity index (χ1) is 18.1. The third kappa shape index (κ3) is 6.06. The van der Waals surface area contributed by atoms with Crippen molar-refractivity contribution in [1.29, 1.82) is 0 Å². The maximum absolute atomic E-state index is 14.9. The number of hydrogen-bond donors (Lipinski definition) is 3. The molecule has 0 unspecified atom stereocenters. The van der Waals surface area contributed by atoms with E-state index in [9.17, 15) is 8.78 Å². The molecule has 1 fully saturated rings. The van der Waals surface area contributed by atoms with Crippen LogP contribution in [0.25, 0.3) is 16.6 Å². The second-order valence-corrected chi connectivity index (χ2v) is 9.26. The highest BCUT2D eigenvalue weighted by atomic mass is 19.1. The van der Waals surface area contributed by atoms with E-state index in [4.69, 9.17) is 10.7 Å². The number of aromatic nitrogens is 4. The zero-order valence-corrected chi connectivity index (χ0v) is 20.4. The average Bonchev–Trinajstić information content (AvgIpc) is 3.32. The number of rotatable bonds is 8. The summed E-state index contributed by atoms with van der Waals surface area (Å²) in [6, 6.07) is 7.31. The van der Waals surface area contributed by atoms with Gasteiger partial charge in [-0.3, -0.25) is 9.98 Å². The molecule has 1 aliphatic rings. The molecule has 37 heavy (non-hydrogen) atoms. The molecule has 0 aromatic carbocycles. The third-order valence-electron chi connectivity index (χ3n) is 6.66. The van der Waals surface area contributed by atoms with Gasteiger partial charge < -0.3 is 16.0 Å². The van der Waals surface area contributed by atoms with E-state index in [1.807, 2.05) is 24.5 Å². The van der Waals surface area contributed by atoms with Crippen molar-refractivity contribution in [3.63, 3.8) is 0 Å². The van der Waals surface area contributed by atoms with E-state index in [0.717, 1.165) is 65.4 Å². The van der Waals surface area contributed by atoms with Crippen LogP contribution in [0.5, 0.6) is 0 Å². The van der Waals surface area contributed by atoms with E-state index in [0.29, 0.717) is 36.6 Å². The van der Waals surface area contributed by atoms with Gasteiger partial charge in [-0.05, 0) is 68.1 Å². The summed E-state index contributed by atoms with van der Waals surface area (Å²) in [7, 11) is 0. The standard InChI is InChI=1S/C28H29F2N7/c29-23-9-18(13-33-17-23)1-3-25-4-2-19(27(30)37-25)10-21-15-36-28-26(21)11-20(14-35-28)22(12-31)16-34-24-5-7-32-8-6-24/h2,4,9,11-17,24,32H,1,3,5-8,10,31H2,(H,35,36). The van der Waals surface area contributed by atoms with E-state index >= 15 is 0 Å². The van der Waals surface area contributed by atoms with Crippen LogP contribution in [0.4, 0.5) is 8.78 Å². The van der Waals surface area contributed by atoms with Crippen molar-refractivity contribution < 1.29 is 8.78 Å². The Kier molecular flexibility index (Phi) is 7.60. The Morgan fingerprint density at radius 1 is 1.08 bits per heavy atom. The highest BCUT2D eigenvalue weighted by molar-refractivity contribution is 6.10. The van der Waals surface area contributed by atoms with Crippen molar-refractivity contribution in [1.82, 2.24) is 25.3 Å². The smallest absolute Gasteiger partial charge is 0.216 e. The molecule has 1 aliphatic heterocycles. The maximum atomic E-state index is 14.9. The predicted octanol–water partition coefficient (Wildman–Crippen LogP) is 4.13. The van der Waals surface area contributed by atoms with Crippen LogP contribution in [0.15, 0.2) is 60.2 Å². The number of piperidine rings is 1. The molecule has 4 N–H and O–H groups in total. The van der Waals surface area contributed by atoms with Crippen LogP contribution in [-0.4, -0.2) is 45.3 Å². The first-order valence-electron chi connectivity index (χ1n) is 12.4. The van der Waals surface area contributed by atoms with E-state index in [-0.39, 0.29) is 5.82 Å². The molecule has 5 heterocycles. The first-order valence-corrected chi connectivity index (χ1v) is 12.4. The summed E-state index contributed by atoms with van der Waals surface area (Å²) < 4.78 is 28.3. The summed E-state index contributed by atoms with van der Waals surface area (Å²) >= 11 is 0. The largest absolute Gasteiger partial charge is 0.404 e. The molecule has 7 nitrogen and oxygen atoms in total. The topological polar surface area (TPSA) is 105 Å². The van der Waals surface area contributed by atoms with Gasteiger partial charge in [0.25, 0.3) is 0 Å². The Morgan fingerprint density at radius 3 is 2.73 bits per heavy atom. The summed E-state index contributed by atoms with van der Waals surface area (Å²) in [5.41, 5.74) is 11.1. The van der Waals surface area contributed by atoms with E-state index in [1.165, 1.54) is 6.07 Å². The van der Waals surface area contributed by atoms with Gasteiger partial charge in [0.05, 0.1) is 12.2 Å². The molecule has 4 aromatic heterocycles. The molecule has 9 heteroatoms. The van der Waals surface area contributed by atoms with Crippen LogP contribution in [0.2, 0.25) is 0 Å². The fourth-order valence-corrected chi connectivity index (χ4v) is 4.56. The molecular formula is C28H29F2N7. The molecule has 1 saturated heterocycles. The summed E-state index contributed by atoms with van der Waals surface area (Å²) in [5, 5.41) is 4.24. The van der Waals surface area contributed by atoms with Crippen molar-refractivity contribution in [2.75, 3.05) is 13.1 Å². The van der Waals surface area contributed by atoms with Gasteiger partial charge in [-0.2, -0.15) is 4.39 Å². The number of aryl methyl sites for hydroxylation is 2. The van der Waals surface area contributed by atoms with E-state index < -0.39 is 5.95 Å². The van der Waals surface area contributed by atoms with Gasteiger partial charge >= 0.3 is 0 Å². The average molecular weight is 502 g/mol. The van der Waals surface area contributed by atoms with Gasteiger partial charge in [-0.1, -0.05) is 6.07 Å². The molecule has 0 spiro atoms. The summed E-state index contributed by atoms with van der Waals surface area (Å²) in [6.45, 7) is 1.95.